The third-order valence-corrected chi connectivity index (χ3v) is 4.77. The van der Waals surface area contributed by atoms with Crippen molar-refractivity contribution >= 4 is 5.97 Å². The van der Waals surface area contributed by atoms with Crippen LogP contribution in [0, 0.1) is 6.92 Å². The second-order valence-electron chi connectivity index (χ2n) is 6.61. The summed E-state index contributed by atoms with van der Waals surface area (Å²) in [6.07, 6.45) is -1.81. The monoisotopic (exact) mass is 382 g/mol. The lowest BCUT2D eigenvalue weighted by Crippen LogP contribution is -2.44. The zero-order valence-electron chi connectivity index (χ0n) is 15.2. The molecule has 1 aliphatic rings. The fourth-order valence-electron chi connectivity index (χ4n) is 3.30. The molecule has 1 unspecified atom stereocenters. The minimum Gasteiger partial charge on any atom is -0.468 e. The Morgan fingerprint density at radius 2 is 2.15 bits per heavy atom. The zero-order valence-corrected chi connectivity index (χ0v) is 15.2. The number of ether oxygens (including phenoxy) is 1. The number of carbonyl (C=O) groups excluding carboxylic acids is 1. The number of nitrogens with zero attached hydrogens (tertiary/aromatic N) is 2. The van der Waals surface area contributed by atoms with E-state index in [-0.39, 0.29) is 23.5 Å². The lowest BCUT2D eigenvalue weighted by atomic mass is 10.0. The molecule has 146 valence electrons. The van der Waals surface area contributed by atoms with E-state index in [2.05, 4.69) is 4.98 Å². The summed E-state index contributed by atoms with van der Waals surface area (Å²) < 4.78 is 49.3. The number of likely N-dealkylation sites (tertiary alicyclic amines) is 1. The number of esters is 1. The van der Waals surface area contributed by atoms with E-state index < -0.39 is 11.7 Å². The molecule has 0 radical (unpaired) electrons. The Bertz CT molecular complexity index is 817. The Morgan fingerprint density at radius 3 is 2.85 bits per heavy atom. The van der Waals surface area contributed by atoms with Gasteiger partial charge in [0.25, 0.3) is 0 Å². The molecule has 2 heterocycles. The van der Waals surface area contributed by atoms with Gasteiger partial charge >= 0.3 is 12.1 Å². The van der Waals surface area contributed by atoms with Crippen molar-refractivity contribution in [2.75, 3.05) is 13.7 Å². The number of aryl methyl sites for hydroxylation is 1. The lowest BCUT2D eigenvalue weighted by Gasteiger charge is -2.33. The first-order valence-electron chi connectivity index (χ1n) is 8.75. The van der Waals surface area contributed by atoms with Crippen LogP contribution in [-0.2, 0) is 22.3 Å². The van der Waals surface area contributed by atoms with Gasteiger partial charge in [0.15, 0.2) is 0 Å². The van der Waals surface area contributed by atoms with Crippen LogP contribution in [-0.4, -0.2) is 35.5 Å². The van der Waals surface area contributed by atoms with E-state index in [9.17, 15) is 18.0 Å². The van der Waals surface area contributed by atoms with Crippen molar-refractivity contribution in [3.63, 3.8) is 0 Å². The topological polar surface area (TPSA) is 55.6 Å². The maximum atomic E-state index is 12.9. The molecular formula is C19H21F3N2O3. The highest BCUT2D eigenvalue weighted by Gasteiger charge is 2.32. The minimum atomic E-state index is -4.43. The van der Waals surface area contributed by atoms with Crippen LogP contribution in [0.2, 0.25) is 0 Å². The maximum Gasteiger partial charge on any atom is 0.416 e. The number of hydrogen-bond donors (Lipinski definition) is 0. The molecule has 1 atom stereocenters. The predicted octanol–water partition coefficient (Wildman–Crippen LogP) is 4.20. The first kappa shape index (κ1) is 19.4. The summed E-state index contributed by atoms with van der Waals surface area (Å²) in [4.78, 5) is 18.4. The third kappa shape index (κ3) is 4.32. The summed E-state index contributed by atoms with van der Waals surface area (Å²) in [7, 11) is 1.36. The van der Waals surface area contributed by atoms with Crippen LogP contribution in [0.25, 0.3) is 11.5 Å². The number of piperidine rings is 1. The Balaban J connectivity index is 1.83. The van der Waals surface area contributed by atoms with Crippen molar-refractivity contribution < 1.29 is 27.1 Å². The first-order chi connectivity index (χ1) is 12.8. The van der Waals surface area contributed by atoms with Gasteiger partial charge in [0, 0.05) is 12.1 Å². The molecule has 0 aliphatic carbocycles. The SMILES string of the molecule is COC(=O)C1CCCCN1Cc1nc(-c2cccc(C(F)(F)F)c2)oc1C. The Labute approximate surface area is 155 Å². The van der Waals surface area contributed by atoms with E-state index in [1.54, 1.807) is 6.92 Å². The number of methoxy groups -OCH3 is 1. The number of oxazole rings is 1. The predicted molar refractivity (Wildman–Crippen MR) is 91.7 cm³/mol. The van der Waals surface area contributed by atoms with Crippen molar-refractivity contribution in [1.29, 1.82) is 0 Å². The highest BCUT2D eigenvalue weighted by Crippen LogP contribution is 2.32. The molecule has 0 amide bonds. The molecular weight excluding hydrogens is 361 g/mol. The Morgan fingerprint density at radius 1 is 1.37 bits per heavy atom. The molecule has 5 nitrogen and oxygen atoms in total. The molecule has 0 bridgehead atoms. The first-order valence-corrected chi connectivity index (χ1v) is 8.75. The highest BCUT2D eigenvalue weighted by atomic mass is 19.4. The van der Waals surface area contributed by atoms with Gasteiger partial charge in [0.1, 0.15) is 11.8 Å². The summed E-state index contributed by atoms with van der Waals surface area (Å²) in [5, 5.41) is 0. The Kier molecular flexibility index (Phi) is 5.55. The van der Waals surface area contributed by atoms with Gasteiger partial charge in [0.05, 0.1) is 18.4 Å². The van der Waals surface area contributed by atoms with Gasteiger partial charge < -0.3 is 9.15 Å². The molecule has 0 spiro atoms. The molecule has 2 aromatic rings. The van der Waals surface area contributed by atoms with Gasteiger partial charge in [-0.3, -0.25) is 9.69 Å². The fourth-order valence-corrected chi connectivity index (χ4v) is 3.30. The molecule has 8 heteroatoms. The molecule has 1 aromatic carbocycles. The van der Waals surface area contributed by atoms with Crippen molar-refractivity contribution in [2.24, 2.45) is 0 Å². The van der Waals surface area contributed by atoms with Crippen molar-refractivity contribution in [1.82, 2.24) is 9.88 Å². The van der Waals surface area contributed by atoms with Gasteiger partial charge in [0.2, 0.25) is 5.89 Å². The van der Waals surface area contributed by atoms with E-state index in [4.69, 9.17) is 9.15 Å². The van der Waals surface area contributed by atoms with Gasteiger partial charge in [-0.05, 0) is 44.5 Å². The maximum absolute atomic E-state index is 12.9. The van der Waals surface area contributed by atoms with Crippen LogP contribution in [0.15, 0.2) is 28.7 Å². The van der Waals surface area contributed by atoms with Gasteiger partial charge in [-0.15, -0.1) is 0 Å². The standard InChI is InChI=1S/C19H21F3N2O3/c1-12-15(11-24-9-4-3-8-16(24)18(25)26-2)23-17(27-12)13-6-5-7-14(10-13)19(20,21)22/h5-7,10,16H,3-4,8-9,11H2,1-2H3. The molecule has 1 saturated heterocycles. The van der Waals surface area contributed by atoms with Crippen LogP contribution in [0.3, 0.4) is 0 Å². The molecule has 27 heavy (non-hydrogen) atoms. The second-order valence-corrected chi connectivity index (χ2v) is 6.61. The number of hydrogen-bond acceptors (Lipinski definition) is 5. The number of halogens is 3. The van der Waals surface area contributed by atoms with Crippen LogP contribution in [0.5, 0.6) is 0 Å². The number of benzene rings is 1. The molecule has 1 fully saturated rings. The van der Waals surface area contributed by atoms with E-state index in [0.717, 1.165) is 31.5 Å². The summed E-state index contributed by atoms with van der Waals surface area (Å²) in [5.41, 5.74) is 0.125. The van der Waals surface area contributed by atoms with Crippen molar-refractivity contribution in [2.45, 2.75) is 44.9 Å². The quantitative estimate of drug-likeness (QED) is 0.742. The second kappa shape index (κ2) is 7.72. The van der Waals surface area contributed by atoms with Crippen LogP contribution in [0.4, 0.5) is 13.2 Å². The zero-order chi connectivity index (χ0) is 19.6. The van der Waals surface area contributed by atoms with Crippen LogP contribution < -0.4 is 0 Å². The molecule has 1 aliphatic heterocycles. The van der Waals surface area contributed by atoms with E-state index >= 15 is 0 Å². The Hall–Kier alpha value is -2.35. The fraction of sp³-hybridized carbons (Fsp3) is 0.474. The molecule has 3 rings (SSSR count). The summed E-state index contributed by atoms with van der Waals surface area (Å²) >= 11 is 0. The average molecular weight is 382 g/mol. The number of aromatic nitrogens is 1. The largest absolute Gasteiger partial charge is 0.468 e. The third-order valence-electron chi connectivity index (χ3n) is 4.77. The lowest BCUT2D eigenvalue weighted by molar-refractivity contribution is -0.148. The molecule has 0 saturated carbocycles. The van der Waals surface area contributed by atoms with Gasteiger partial charge in [-0.1, -0.05) is 12.5 Å². The van der Waals surface area contributed by atoms with Gasteiger partial charge in [-0.2, -0.15) is 13.2 Å². The average Bonchev–Trinajstić information content (AvgIpc) is 3.01. The number of alkyl halides is 3. The highest BCUT2D eigenvalue weighted by molar-refractivity contribution is 5.75. The van der Waals surface area contributed by atoms with Crippen LogP contribution >= 0.6 is 0 Å². The normalized spacial score (nSPS) is 18.5. The summed E-state index contributed by atoms with van der Waals surface area (Å²) in [5.74, 6) is 0.380. The minimum absolute atomic E-state index is 0.139. The number of rotatable bonds is 4. The number of carbonyl (C=O) groups is 1. The summed E-state index contributed by atoms with van der Waals surface area (Å²) in [6.45, 7) is 2.83. The molecule has 0 N–H and O–H groups in total. The summed E-state index contributed by atoms with van der Waals surface area (Å²) in [6, 6.07) is 4.55. The van der Waals surface area contributed by atoms with Crippen LogP contribution in [0.1, 0.15) is 36.3 Å². The van der Waals surface area contributed by atoms with E-state index in [1.165, 1.54) is 19.2 Å². The smallest absolute Gasteiger partial charge is 0.416 e. The van der Waals surface area contributed by atoms with Gasteiger partial charge in [-0.25, -0.2) is 4.98 Å². The molecule has 1 aromatic heterocycles. The van der Waals surface area contributed by atoms with Crippen molar-refractivity contribution in [3.05, 3.63) is 41.3 Å². The van der Waals surface area contributed by atoms with Crippen molar-refractivity contribution in [3.8, 4) is 11.5 Å². The van der Waals surface area contributed by atoms with E-state index in [0.29, 0.717) is 24.4 Å². The van der Waals surface area contributed by atoms with E-state index in [1.807, 2.05) is 4.90 Å².